The molecular weight excluding hydrogens is 678 g/mol. The van der Waals surface area contributed by atoms with Gasteiger partial charge >= 0.3 is 6.09 Å². The maximum atomic E-state index is 14.5. The first-order valence-corrected chi connectivity index (χ1v) is 19.7. The number of likely N-dealkylation sites (tertiary alicyclic amines) is 1. The number of nitrogens with one attached hydrogen (secondary N) is 1. The number of cyclic esters (lactones) is 1. The number of hydrogen-bond acceptors (Lipinski definition) is 6. The topological polar surface area (TPSA) is 102 Å². The summed E-state index contributed by atoms with van der Waals surface area (Å²) in [6, 6.07) is 13.4. The number of ether oxygens (including phenoxy) is 1. The van der Waals surface area contributed by atoms with E-state index < -0.39 is 24.2 Å². The molecule has 2 aliphatic carbocycles. The van der Waals surface area contributed by atoms with Gasteiger partial charge in [-0.1, -0.05) is 86.8 Å². The van der Waals surface area contributed by atoms with E-state index in [1.165, 1.54) is 31.2 Å². The van der Waals surface area contributed by atoms with Crippen LogP contribution in [0.15, 0.2) is 54.6 Å². The van der Waals surface area contributed by atoms with Crippen molar-refractivity contribution in [1.82, 2.24) is 24.9 Å². The molecule has 11 heteroatoms. The lowest BCUT2D eigenvalue weighted by Crippen LogP contribution is -2.75. The van der Waals surface area contributed by atoms with Crippen LogP contribution in [0.4, 0.5) is 4.79 Å². The Balaban J connectivity index is 1.15. The number of halogens is 1. The molecule has 3 saturated heterocycles. The second-order valence-corrected chi connectivity index (χ2v) is 15.9. The fraction of sp³-hybridized carbons (Fsp3) is 0.561. The molecule has 2 aromatic carbocycles. The summed E-state index contributed by atoms with van der Waals surface area (Å²) in [5.74, 6) is -0.529. The Morgan fingerprint density at radius 1 is 0.981 bits per heavy atom. The van der Waals surface area contributed by atoms with E-state index in [4.69, 9.17) is 16.3 Å². The second kappa shape index (κ2) is 16.0. The van der Waals surface area contributed by atoms with Crippen molar-refractivity contribution in [2.75, 3.05) is 32.8 Å². The monoisotopic (exact) mass is 729 g/mol. The van der Waals surface area contributed by atoms with E-state index in [2.05, 4.69) is 22.3 Å². The molecule has 4 fully saturated rings. The highest BCUT2D eigenvalue weighted by atomic mass is 35.5. The van der Waals surface area contributed by atoms with Gasteiger partial charge in [-0.25, -0.2) is 4.79 Å². The van der Waals surface area contributed by atoms with Crippen LogP contribution in [0.1, 0.15) is 87.9 Å². The number of piperazine rings is 1. The zero-order valence-corrected chi connectivity index (χ0v) is 31.2. The van der Waals surface area contributed by atoms with Crippen molar-refractivity contribution in [2.45, 2.75) is 108 Å². The van der Waals surface area contributed by atoms with Gasteiger partial charge in [0, 0.05) is 43.7 Å². The maximum Gasteiger partial charge on any atom is 0.410 e. The first-order chi connectivity index (χ1) is 25.2. The van der Waals surface area contributed by atoms with Crippen molar-refractivity contribution in [3.05, 3.63) is 76.3 Å². The molecule has 278 valence electrons. The second-order valence-electron chi connectivity index (χ2n) is 15.5. The molecule has 2 aromatic rings. The zero-order valence-electron chi connectivity index (χ0n) is 30.4. The molecule has 52 heavy (non-hydrogen) atoms. The van der Waals surface area contributed by atoms with Gasteiger partial charge in [-0.15, -0.1) is 0 Å². The number of hydrogen-bond donors (Lipinski definition) is 1. The highest BCUT2D eigenvalue weighted by Gasteiger charge is 2.58. The molecule has 1 N–H and O–H groups in total. The summed E-state index contributed by atoms with van der Waals surface area (Å²) in [6.07, 6.45) is 11.3. The highest BCUT2D eigenvalue weighted by molar-refractivity contribution is 6.30. The van der Waals surface area contributed by atoms with E-state index in [1.54, 1.807) is 15.9 Å². The molecular formula is C41H52ClN5O5. The van der Waals surface area contributed by atoms with Crippen LogP contribution in [0.2, 0.25) is 5.02 Å². The minimum absolute atomic E-state index is 0.00502. The third-order valence-corrected chi connectivity index (χ3v) is 12.2. The summed E-state index contributed by atoms with van der Waals surface area (Å²) < 4.78 is 5.48. The van der Waals surface area contributed by atoms with Gasteiger partial charge in [0.05, 0.1) is 18.1 Å². The van der Waals surface area contributed by atoms with Crippen molar-refractivity contribution in [1.29, 1.82) is 0 Å². The Morgan fingerprint density at radius 2 is 1.75 bits per heavy atom. The van der Waals surface area contributed by atoms with Crippen molar-refractivity contribution < 1.29 is 23.9 Å². The van der Waals surface area contributed by atoms with E-state index in [1.807, 2.05) is 61.2 Å². The molecule has 4 amide bonds. The molecule has 1 saturated carbocycles. The number of nitrogens with zero attached hydrogens (tertiary/aromatic N) is 4. The standard InChI is InChI=1S/C41H52ClN5O5/c1-27(2)36-26-52-41(51)47(36)38-34(18-17-28-9-7-12-30(42)25-28)46(40(38)50)35(39(49)43-33-16-8-11-29-10-3-6-15-32(29)33)19-20-37(48)45-23-21-44(22-24-45)31-13-4-5-14-31/h3,6-7,9-10,12,15,17-18,25,27,31,33-36,38H,4-5,8,11,13-14,16,19-24,26H2,1-2H3,(H,43,49)/b18-17+/t33-,34-,35+,36-,38+/m1/s1. The summed E-state index contributed by atoms with van der Waals surface area (Å²) in [5, 5.41) is 3.88. The molecule has 5 aliphatic rings. The van der Waals surface area contributed by atoms with E-state index in [-0.39, 0.29) is 55.2 Å². The Morgan fingerprint density at radius 3 is 2.50 bits per heavy atom. The summed E-state index contributed by atoms with van der Waals surface area (Å²) in [7, 11) is 0. The number of carbonyl (C=O) groups is 4. The van der Waals surface area contributed by atoms with Crippen molar-refractivity contribution in [3.8, 4) is 0 Å². The SMILES string of the molecule is CC(C)[C@H]1COC(=O)N1[C@@H]1C(=O)N([C@@H](CCC(=O)N2CCN(C3CCCC3)CC2)C(=O)N[C@@H]2CCCc3ccccc32)[C@@H]1/C=C/c1cccc(Cl)c1. The normalized spacial score (nSPS) is 26.1. The van der Waals surface area contributed by atoms with E-state index in [9.17, 15) is 19.2 Å². The first-order valence-electron chi connectivity index (χ1n) is 19.3. The predicted molar refractivity (Wildman–Crippen MR) is 200 cm³/mol. The molecule has 5 atom stereocenters. The average molecular weight is 730 g/mol. The van der Waals surface area contributed by atoms with Crippen molar-refractivity contribution in [3.63, 3.8) is 0 Å². The predicted octanol–water partition coefficient (Wildman–Crippen LogP) is 5.84. The maximum absolute atomic E-state index is 14.5. The van der Waals surface area contributed by atoms with E-state index in [0.29, 0.717) is 24.2 Å². The van der Waals surface area contributed by atoms with Crippen LogP contribution in [0, 0.1) is 5.92 Å². The smallest absolute Gasteiger partial charge is 0.410 e. The fourth-order valence-corrected chi connectivity index (χ4v) is 9.25. The lowest BCUT2D eigenvalue weighted by atomic mass is 9.85. The molecule has 7 rings (SSSR count). The Bertz CT molecular complexity index is 1670. The highest BCUT2D eigenvalue weighted by Crippen LogP contribution is 2.37. The van der Waals surface area contributed by atoms with Crippen LogP contribution in [-0.4, -0.2) is 106 Å². The van der Waals surface area contributed by atoms with Gasteiger partial charge in [0.15, 0.2) is 0 Å². The molecule has 3 aliphatic heterocycles. The number of aryl methyl sites for hydroxylation is 1. The van der Waals surface area contributed by atoms with Gasteiger partial charge in [-0.05, 0) is 73.3 Å². The Hall–Kier alpha value is -3.89. The lowest BCUT2D eigenvalue weighted by molar-refractivity contribution is -0.164. The Kier molecular flexibility index (Phi) is 11.2. The van der Waals surface area contributed by atoms with Crippen LogP contribution in [0.25, 0.3) is 6.08 Å². The molecule has 0 bridgehead atoms. The van der Waals surface area contributed by atoms with Crippen molar-refractivity contribution >= 4 is 41.5 Å². The summed E-state index contributed by atoms with van der Waals surface area (Å²) in [5.41, 5.74) is 3.15. The van der Waals surface area contributed by atoms with Gasteiger partial charge < -0.3 is 19.9 Å². The van der Waals surface area contributed by atoms with E-state index in [0.717, 1.165) is 43.5 Å². The zero-order chi connectivity index (χ0) is 36.4. The number of fused-ring (bicyclic) bond motifs is 1. The van der Waals surface area contributed by atoms with Crippen LogP contribution >= 0.6 is 11.6 Å². The van der Waals surface area contributed by atoms with Crippen LogP contribution < -0.4 is 5.32 Å². The van der Waals surface area contributed by atoms with Crippen LogP contribution in [-0.2, 0) is 25.5 Å². The third kappa shape index (κ3) is 7.60. The number of benzene rings is 2. The summed E-state index contributed by atoms with van der Waals surface area (Å²) in [6.45, 7) is 7.31. The molecule has 0 spiro atoms. The van der Waals surface area contributed by atoms with Gasteiger partial charge in [0.25, 0.3) is 0 Å². The summed E-state index contributed by atoms with van der Waals surface area (Å²) in [4.78, 5) is 63.5. The minimum atomic E-state index is -0.910. The Labute approximate surface area is 312 Å². The van der Waals surface area contributed by atoms with Gasteiger partial charge in [-0.2, -0.15) is 0 Å². The fourth-order valence-electron chi connectivity index (χ4n) is 9.05. The van der Waals surface area contributed by atoms with Gasteiger partial charge in [0.1, 0.15) is 18.7 Å². The van der Waals surface area contributed by atoms with Gasteiger partial charge in [0.2, 0.25) is 17.7 Å². The van der Waals surface area contributed by atoms with Crippen LogP contribution in [0.5, 0.6) is 0 Å². The third-order valence-electron chi connectivity index (χ3n) is 12.0. The molecule has 0 radical (unpaired) electrons. The summed E-state index contributed by atoms with van der Waals surface area (Å²) >= 11 is 6.30. The average Bonchev–Trinajstić information content (AvgIpc) is 3.82. The molecule has 0 aromatic heterocycles. The number of amides is 4. The number of carbonyl (C=O) groups excluding carboxylic acids is 4. The van der Waals surface area contributed by atoms with Gasteiger partial charge in [-0.3, -0.25) is 24.2 Å². The minimum Gasteiger partial charge on any atom is -0.447 e. The molecule has 3 heterocycles. The molecule has 0 unspecified atom stereocenters. The largest absolute Gasteiger partial charge is 0.447 e. The lowest BCUT2D eigenvalue weighted by Gasteiger charge is -2.53. The van der Waals surface area contributed by atoms with E-state index >= 15 is 0 Å². The quantitative estimate of drug-likeness (QED) is 0.292. The first kappa shape index (κ1) is 36.5. The van der Waals surface area contributed by atoms with Crippen molar-refractivity contribution in [2.24, 2.45) is 5.92 Å². The van der Waals surface area contributed by atoms with Crippen LogP contribution in [0.3, 0.4) is 0 Å². The number of rotatable bonds is 11. The molecule has 10 nitrogen and oxygen atoms in total. The number of β-lactam (4-membered cyclic amide) rings is 1.